The van der Waals surface area contributed by atoms with Crippen molar-refractivity contribution in [1.29, 1.82) is 5.26 Å². The predicted octanol–water partition coefficient (Wildman–Crippen LogP) is 4.11. The van der Waals surface area contributed by atoms with E-state index in [1.54, 1.807) is 29.1 Å². The Hall–Kier alpha value is -2.48. The van der Waals surface area contributed by atoms with Crippen LogP contribution < -0.4 is 0 Å². The van der Waals surface area contributed by atoms with Gasteiger partial charge < -0.3 is 4.57 Å². The lowest BCUT2D eigenvalue weighted by Crippen LogP contribution is -2.04. The fourth-order valence-corrected chi connectivity index (χ4v) is 1.82. The molecule has 0 atom stereocenters. The Balaban J connectivity index is 2.43. The van der Waals surface area contributed by atoms with E-state index in [2.05, 4.69) is 0 Å². The molecule has 0 N–H and O–H groups in total. The topological polar surface area (TPSA) is 28.7 Å². The molecular formula is C15H11F3N2. The Morgan fingerprint density at radius 3 is 2.60 bits per heavy atom. The highest BCUT2D eigenvalue weighted by molar-refractivity contribution is 5.89. The van der Waals surface area contributed by atoms with Crippen molar-refractivity contribution in [3.8, 4) is 6.07 Å². The standard InChI is InChI=1S/C15H11F3N2/c1-20-6-5-11(10-20)7-13(9-19)12-3-2-4-14(8-12)15(16,17)18/h2-8,10H,1H3/b13-7+. The summed E-state index contributed by atoms with van der Waals surface area (Å²) in [6.07, 6.45) is 0.733. The molecule has 0 aliphatic rings. The van der Waals surface area contributed by atoms with Gasteiger partial charge in [-0.05, 0) is 35.4 Å². The molecule has 0 saturated heterocycles. The quantitative estimate of drug-likeness (QED) is 0.759. The maximum Gasteiger partial charge on any atom is 0.416 e. The minimum Gasteiger partial charge on any atom is -0.357 e. The van der Waals surface area contributed by atoms with E-state index in [1.165, 1.54) is 12.1 Å². The second-order valence-corrected chi connectivity index (χ2v) is 4.36. The number of alkyl halides is 3. The molecule has 2 rings (SSSR count). The largest absolute Gasteiger partial charge is 0.416 e. The summed E-state index contributed by atoms with van der Waals surface area (Å²) in [6.45, 7) is 0. The zero-order valence-electron chi connectivity index (χ0n) is 10.6. The SMILES string of the molecule is Cn1ccc(/C=C(\C#N)c2cccc(C(F)(F)F)c2)c1. The van der Waals surface area contributed by atoms with Crippen LogP contribution in [0.2, 0.25) is 0 Å². The van der Waals surface area contributed by atoms with Crippen LogP contribution >= 0.6 is 0 Å². The molecule has 20 heavy (non-hydrogen) atoms. The highest BCUT2D eigenvalue weighted by Crippen LogP contribution is 2.31. The van der Waals surface area contributed by atoms with Gasteiger partial charge in [0.15, 0.2) is 0 Å². The van der Waals surface area contributed by atoms with Crippen LogP contribution in [0.25, 0.3) is 11.6 Å². The van der Waals surface area contributed by atoms with Gasteiger partial charge in [0.2, 0.25) is 0 Å². The summed E-state index contributed by atoms with van der Waals surface area (Å²) < 4.78 is 39.8. The van der Waals surface area contributed by atoms with Gasteiger partial charge in [-0.2, -0.15) is 18.4 Å². The van der Waals surface area contributed by atoms with Gasteiger partial charge in [-0.1, -0.05) is 12.1 Å². The fourth-order valence-electron chi connectivity index (χ4n) is 1.82. The van der Waals surface area contributed by atoms with Gasteiger partial charge in [-0.25, -0.2) is 0 Å². The summed E-state index contributed by atoms with van der Waals surface area (Å²) >= 11 is 0. The van der Waals surface area contributed by atoms with Crippen molar-refractivity contribution in [3.05, 3.63) is 59.4 Å². The number of nitrogens with zero attached hydrogens (tertiary/aromatic N) is 2. The first-order valence-electron chi connectivity index (χ1n) is 5.81. The number of halogens is 3. The molecule has 1 heterocycles. The van der Waals surface area contributed by atoms with Crippen LogP contribution in [0.3, 0.4) is 0 Å². The van der Waals surface area contributed by atoms with Crippen molar-refractivity contribution in [2.45, 2.75) is 6.18 Å². The number of allylic oxidation sites excluding steroid dienone is 1. The Morgan fingerprint density at radius 2 is 2.05 bits per heavy atom. The van der Waals surface area contributed by atoms with Crippen molar-refractivity contribution in [2.75, 3.05) is 0 Å². The number of hydrogen-bond acceptors (Lipinski definition) is 1. The van der Waals surface area contributed by atoms with E-state index >= 15 is 0 Å². The summed E-state index contributed by atoms with van der Waals surface area (Å²) in [5.74, 6) is 0. The first kappa shape index (κ1) is 13.9. The third-order valence-corrected chi connectivity index (χ3v) is 2.79. The Bertz CT molecular complexity index is 688. The minimum absolute atomic E-state index is 0.197. The molecule has 1 aromatic carbocycles. The smallest absolute Gasteiger partial charge is 0.357 e. The molecule has 0 bridgehead atoms. The lowest BCUT2D eigenvalue weighted by atomic mass is 10.0. The molecule has 0 spiro atoms. The van der Waals surface area contributed by atoms with E-state index in [0.717, 1.165) is 17.7 Å². The zero-order valence-corrected chi connectivity index (χ0v) is 10.6. The summed E-state index contributed by atoms with van der Waals surface area (Å²) in [7, 11) is 1.83. The molecule has 2 aromatic rings. The van der Waals surface area contributed by atoms with Crippen molar-refractivity contribution >= 4 is 11.6 Å². The van der Waals surface area contributed by atoms with Crippen LogP contribution in [0.4, 0.5) is 13.2 Å². The molecule has 2 nitrogen and oxygen atoms in total. The van der Waals surface area contributed by atoms with Crippen LogP contribution in [0, 0.1) is 11.3 Å². The summed E-state index contributed by atoms with van der Waals surface area (Å²) in [6, 6.07) is 8.49. The van der Waals surface area contributed by atoms with Crippen molar-refractivity contribution in [2.24, 2.45) is 7.05 Å². The van der Waals surface area contributed by atoms with Gasteiger partial charge >= 0.3 is 6.18 Å². The highest BCUT2D eigenvalue weighted by atomic mass is 19.4. The monoisotopic (exact) mass is 276 g/mol. The Labute approximate surface area is 114 Å². The minimum atomic E-state index is -4.41. The van der Waals surface area contributed by atoms with Crippen LogP contribution in [0.5, 0.6) is 0 Å². The van der Waals surface area contributed by atoms with Crippen molar-refractivity contribution < 1.29 is 13.2 Å². The molecule has 0 saturated carbocycles. The van der Waals surface area contributed by atoms with E-state index in [9.17, 15) is 13.2 Å². The first-order valence-corrected chi connectivity index (χ1v) is 5.81. The lowest BCUT2D eigenvalue weighted by molar-refractivity contribution is -0.137. The molecule has 0 unspecified atom stereocenters. The number of aryl methyl sites for hydroxylation is 1. The molecule has 5 heteroatoms. The summed E-state index contributed by atoms with van der Waals surface area (Å²) in [5, 5.41) is 9.13. The van der Waals surface area contributed by atoms with E-state index in [-0.39, 0.29) is 11.1 Å². The second kappa shape index (κ2) is 5.25. The highest BCUT2D eigenvalue weighted by Gasteiger charge is 2.30. The molecule has 0 fully saturated rings. The first-order chi connectivity index (χ1) is 9.40. The maximum atomic E-state index is 12.7. The van der Waals surface area contributed by atoms with Gasteiger partial charge in [-0.15, -0.1) is 0 Å². The lowest BCUT2D eigenvalue weighted by Gasteiger charge is -2.08. The third-order valence-electron chi connectivity index (χ3n) is 2.79. The summed E-state index contributed by atoms with van der Waals surface area (Å²) in [4.78, 5) is 0. The fraction of sp³-hybridized carbons (Fsp3) is 0.133. The number of hydrogen-bond donors (Lipinski definition) is 0. The number of benzene rings is 1. The zero-order chi connectivity index (χ0) is 14.8. The predicted molar refractivity (Wildman–Crippen MR) is 70.3 cm³/mol. The molecule has 0 amide bonds. The number of nitriles is 1. The molecule has 1 aromatic heterocycles. The molecule has 102 valence electrons. The van der Waals surface area contributed by atoms with Gasteiger partial charge in [0.05, 0.1) is 17.2 Å². The number of rotatable bonds is 2. The van der Waals surface area contributed by atoms with E-state index < -0.39 is 11.7 Å². The third kappa shape index (κ3) is 3.09. The van der Waals surface area contributed by atoms with Crippen LogP contribution in [0.1, 0.15) is 16.7 Å². The van der Waals surface area contributed by atoms with Gasteiger partial charge in [0.25, 0.3) is 0 Å². The van der Waals surface area contributed by atoms with E-state index in [4.69, 9.17) is 5.26 Å². The van der Waals surface area contributed by atoms with E-state index in [1.807, 2.05) is 13.1 Å². The second-order valence-electron chi connectivity index (χ2n) is 4.36. The average Bonchev–Trinajstić information content (AvgIpc) is 2.81. The van der Waals surface area contributed by atoms with Crippen molar-refractivity contribution in [3.63, 3.8) is 0 Å². The maximum absolute atomic E-state index is 12.7. The van der Waals surface area contributed by atoms with Gasteiger partial charge in [0, 0.05) is 19.4 Å². The summed E-state index contributed by atoms with van der Waals surface area (Å²) in [5.41, 5.74) is 0.458. The van der Waals surface area contributed by atoms with E-state index in [0.29, 0.717) is 0 Å². The van der Waals surface area contributed by atoms with Crippen LogP contribution in [-0.2, 0) is 13.2 Å². The molecule has 0 aliphatic carbocycles. The normalized spacial score (nSPS) is 12.2. The van der Waals surface area contributed by atoms with Gasteiger partial charge in [0.1, 0.15) is 0 Å². The van der Waals surface area contributed by atoms with Crippen LogP contribution in [0.15, 0.2) is 42.7 Å². The van der Waals surface area contributed by atoms with Crippen molar-refractivity contribution in [1.82, 2.24) is 4.57 Å². The Kier molecular flexibility index (Phi) is 3.66. The Morgan fingerprint density at radius 1 is 1.30 bits per heavy atom. The molecule has 0 radical (unpaired) electrons. The molecule has 0 aliphatic heterocycles. The number of aromatic nitrogens is 1. The van der Waals surface area contributed by atoms with Gasteiger partial charge in [-0.3, -0.25) is 0 Å². The molecular weight excluding hydrogens is 265 g/mol. The average molecular weight is 276 g/mol. The van der Waals surface area contributed by atoms with Crippen LogP contribution in [-0.4, -0.2) is 4.57 Å².